The fraction of sp³-hybridized carbons (Fsp3) is 0.300. The molecule has 1 heterocycles. The molecular weight excluding hydrogens is 182 g/mol. The Morgan fingerprint density at radius 2 is 2.54 bits per heavy atom. The summed E-state index contributed by atoms with van der Waals surface area (Å²) in [5.41, 5.74) is 0. The van der Waals surface area contributed by atoms with Crippen molar-refractivity contribution in [2.75, 3.05) is 6.61 Å². The molecule has 0 fully saturated rings. The highest BCUT2D eigenvalue weighted by atomic mass is 32.1. The van der Waals surface area contributed by atoms with Gasteiger partial charge in [0.05, 0.1) is 6.61 Å². The maximum atomic E-state index is 5.41. The van der Waals surface area contributed by atoms with Crippen molar-refractivity contribution in [1.82, 2.24) is 4.98 Å². The zero-order chi connectivity index (χ0) is 9.68. The van der Waals surface area contributed by atoms with E-state index in [-0.39, 0.29) is 0 Å². The van der Waals surface area contributed by atoms with E-state index in [0.717, 1.165) is 15.6 Å². The van der Waals surface area contributed by atoms with Crippen LogP contribution < -0.4 is 0 Å². The molecule has 13 heavy (non-hydrogen) atoms. The second-order valence-corrected chi connectivity index (χ2v) is 3.42. The lowest BCUT2D eigenvalue weighted by molar-refractivity contribution is 0.297. The molecule has 2 nitrogen and oxygen atoms in total. The summed E-state index contributed by atoms with van der Waals surface area (Å²) in [5, 5.41) is 0.916. The molecule has 0 aliphatic rings. The highest BCUT2D eigenvalue weighted by Crippen LogP contribution is 2.22. The van der Waals surface area contributed by atoms with Gasteiger partial charge in [-0.05, 0) is 19.9 Å². The van der Waals surface area contributed by atoms with E-state index in [1.54, 1.807) is 23.6 Å². The number of nitrogens with zero attached hydrogens (tertiary/aromatic N) is 1. The van der Waals surface area contributed by atoms with E-state index in [1.165, 1.54) is 0 Å². The van der Waals surface area contributed by atoms with Crippen LogP contribution in [0.15, 0.2) is 18.9 Å². The summed E-state index contributed by atoms with van der Waals surface area (Å²) in [6.07, 6.45) is 5.52. The SMILES string of the molecule is C=Cc1cnc(C(=CC)OCC)s1. The first-order chi connectivity index (χ1) is 6.31. The van der Waals surface area contributed by atoms with Crippen molar-refractivity contribution in [2.45, 2.75) is 13.8 Å². The van der Waals surface area contributed by atoms with Crippen LogP contribution in [0.2, 0.25) is 0 Å². The quantitative estimate of drug-likeness (QED) is 0.688. The normalized spacial score (nSPS) is 11.4. The number of allylic oxidation sites excluding steroid dienone is 1. The van der Waals surface area contributed by atoms with Gasteiger partial charge in [-0.15, -0.1) is 11.3 Å². The number of rotatable bonds is 4. The average Bonchev–Trinajstić information content (AvgIpc) is 2.62. The largest absolute Gasteiger partial charge is 0.491 e. The standard InChI is InChI=1S/C10H13NOS/c1-4-8-7-11-10(13-8)9(5-2)12-6-3/h4-5,7H,1,6H2,2-3H3. The summed E-state index contributed by atoms with van der Waals surface area (Å²) in [4.78, 5) is 5.29. The number of hydrogen-bond acceptors (Lipinski definition) is 3. The molecule has 0 saturated carbocycles. The van der Waals surface area contributed by atoms with Crippen LogP contribution >= 0.6 is 11.3 Å². The summed E-state index contributed by atoms with van der Waals surface area (Å²) in [6, 6.07) is 0. The second kappa shape index (κ2) is 4.82. The van der Waals surface area contributed by atoms with Crippen molar-refractivity contribution in [2.24, 2.45) is 0 Å². The van der Waals surface area contributed by atoms with Crippen LogP contribution in [-0.4, -0.2) is 11.6 Å². The van der Waals surface area contributed by atoms with Gasteiger partial charge in [0.25, 0.3) is 0 Å². The fourth-order valence-electron chi connectivity index (χ4n) is 0.919. The van der Waals surface area contributed by atoms with Gasteiger partial charge in [0.2, 0.25) is 0 Å². The Kier molecular flexibility index (Phi) is 3.71. The summed E-state index contributed by atoms with van der Waals surface area (Å²) < 4.78 is 5.41. The highest BCUT2D eigenvalue weighted by Gasteiger charge is 2.05. The van der Waals surface area contributed by atoms with Crippen molar-refractivity contribution >= 4 is 23.2 Å². The summed E-state index contributed by atoms with van der Waals surface area (Å²) in [7, 11) is 0. The van der Waals surface area contributed by atoms with E-state index in [0.29, 0.717) is 6.61 Å². The Morgan fingerprint density at radius 1 is 1.77 bits per heavy atom. The van der Waals surface area contributed by atoms with Crippen molar-refractivity contribution in [3.8, 4) is 0 Å². The van der Waals surface area contributed by atoms with Crippen LogP contribution in [0.3, 0.4) is 0 Å². The van der Waals surface area contributed by atoms with Crippen LogP contribution in [-0.2, 0) is 4.74 Å². The molecule has 0 radical (unpaired) electrons. The Bertz CT molecular complexity index is 314. The van der Waals surface area contributed by atoms with Crippen LogP contribution in [0.1, 0.15) is 23.7 Å². The first-order valence-corrected chi connectivity index (χ1v) is 5.01. The molecule has 70 valence electrons. The number of aromatic nitrogens is 1. The first-order valence-electron chi connectivity index (χ1n) is 4.19. The second-order valence-electron chi connectivity index (χ2n) is 2.36. The average molecular weight is 195 g/mol. The van der Waals surface area contributed by atoms with Crippen molar-refractivity contribution in [3.63, 3.8) is 0 Å². The van der Waals surface area contributed by atoms with Gasteiger partial charge in [-0.1, -0.05) is 12.7 Å². The summed E-state index contributed by atoms with van der Waals surface area (Å²) >= 11 is 1.58. The zero-order valence-corrected chi connectivity index (χ0v) is 8.73. The van der Waals surface area contributed by atoms with E-state index in [1.807, 2.05) is 19.9 Å². The minimum atomic E-state index is 0.669. The molecule has 0 amide bonds. The molecule has 1 aromatic heterocycles. The number of ether oxygens (including phenoxy) is 1. The molecule has 1 rings (SSSR count). The van der Waals surface area contributed by atoms with Crippen LogP contribution in [0.25, 0.3) is 11.8 Å². The third-order valence-corrected chi connectivity index (χ3v) is 2.51. The summed E-state index contributed by atoms with van der Waals surface area (Å²) in [6.45, 7) is 8.26. The predicted molar refractivity (Wildman–Crippen MR) is 57.5 cm³/mol. The molecule has 0 aliphatic carbocycles. The van der Waals surface area contributed by atoms with Crippen LogP contribution in [0.4, 0.5) is 0 Å². The van der Waals surface area contributed by atoms with Crippen LogP contribution in [0, 0.1) is 0 Å². The topological polar surface area (TPSA) is 22.1 Å². The van der Waals surface area contributed by atoms with Gasteiger partial charge < -0.3 is 4.74 Å². The zero-order valence-electron chi connectivity index (χ0n) is 7.91. The fourth-order valence-corrected chi connectivity index (χ4v) is 1.71. The predicted octanol–water partition coefficient (Wildman–Crippen LogP) is 3.18. The number of thiazole rings is 1. The Morgan fingerprint density at radius 3 is 3.00 bits per heavy atom. The monoisotopic (exact) mass is 195 g/mol. The molecular formula is C10H13NOS. The van der Waals surface area contributed by atoms with Gasteiger partial charge in [0.1, 0.15) is 0 Å². The van der Waals surface area contributed by atoms with Gasteiger partial charge in [0.15, 0.2) is 10.8 Å². The Labute approximate surface area is 82.6 Å². The van der Waals surface area contributed by atoms with Crippen molar-refractivity contribution in [1.29, 1.82) is 0 Å². The smallest absolute Gasteiger partial charge is 0.158 e. The Hall–Kier alpha value is -1.09. The minimum Gasteiger partial charge on any atom is -0.491 e. The van der Waals surface area contributed by atoms with Gasteiger partial charge >= 0.3 is 0 Å². The molecule has 0 bridgehead atoms. The summed E-state index contributed by atoms with van der Waals surface area (Å²) in [5.74, 6) is 0.848. The molecule has 3 heteroatoms. The van der Waals surface area contributed by atoms with Gasteiger partial charge in [-0.25, -0.2) is 4.98 Å². The molecule has 0 aromatic carbocycles. The Balaban J connectivity index is 2.85. The van der Waals surface area contributed by atoms with Gasteiger partial charge in [-0.2, -0.15) is 0 Å². The highest BCUT2D eigenvalue weighted by molar-refractivity contribution is 7.13. The van der Waals surface area contributed by atoms with E-state index in [4.69, 9.17) is 4.74 Å². The number of hydrogen-bond donors (Lipinski definition) is 0. The third-order valence-electron chi connectivity index (χ3n) is 1.50. The van der Waals surface area contributed by atoms with E-state index in [2.05, 4.69) is 11.6 Å². The maximum Gasteiger partial charge on any atom is 0.158 e. The minimum absolute atomic E-state index is 0.669. The molecule has 0 N–H and O–H groups in total. The molecule has 0 atom stereocenters. The van der Waals surface area contributed by atoms with E-state index >= 15 is 0 Å². The molecule has 0 unspecified atom stereocenters. The van der Waals surface area contributed by atoms with Crippen LogP contribution in [0.5, 0.6) is 0 Å². The molecule has 0 saturated heterocycles. The van der Waals surface area contributed by atoms with Gasteiger partial charge in [0, 0.05) is 11.1 Å². The van der Waals surface area contributed by atoms with E-state index < -0.39 is 0 Å². The van der Waals surface area contributed by atoms with Crippen molar-refractivity contribution < 1.29 is 4.74 Å². The first kappa shape index (κ1) is 9.99. The molecule has 1 aromatic rings. The lowest BCUT2D eigenvalue weighted by Crippen LogP contribution is -1.89. The lowest BCUT2D eigenvalue weighted by atomic mass is 10.5. The maximum absolute atomic E-state index is 5.41. The molecule has 0 aliphatic heterocycles. The molecule has 0 spiro atoms. The van der Waals surface area contributed by atoms with Crippen molar-refractivity contribution in [3.05, 3.63) is 28.7 Å². The van der Waals surface area contributed by atoms with E-state index in [9.17, 15) is 0 Å². The lowest BCUT2D eigenvalue weighted by Gasteiger charge is -2.03. The van der Waals surface area contributed by atoms with Gasteiger partial charge in [-0.3, -0.25) is 0 Å². The third kappa shape index (κ3) is 2.42.